The smallest absolute Gasteiger partial charge is 0.253 e. The van der Waals surface area contributed by atoms with Gasteiger partial charge in [-0.15, -0.1) is 0 Å². The fourth-order valence-electron chi connectivity index (χ4n) is 4.21. The lowest BCUT2D eigenvalue weighted by Gasteiger charge is -2.40. The molecule has 2 aromatic rings. The lowest BCUT2D eigenvalue weighted by atomic mass is 10.0. The van der Waals surface area contributed by atoms with Crippen molar-refractivity contribution in [3.05, 3.63) is 70.7 Å². The van der Waals surface area contributed by atoms with E-state index in [2.05, 4.69) is 0 Å². The Labute approximate surface area is 193 Å². The van der Waals surface area contributed by atoms with Crippen LogP contribution in [0.1, 0.15) is 22.0 Å². The van der Waals surface area contributed by atoms with Gasteiger partial charge < -0.3 is 9.80 Å². The van der Waals surface area contributed by atoms with Gasteiger partial charge in [0.15, 0.2) is 9.84 Å². The largest absolute Gasteiger partial charge is 0.337 e. The SMILES string of the molecule is O=C(c1ccc(Cl)cc1)N1CCN(C(=O)C(c2ccccc2)N2CCS(=O)(=O)CC2)CC1. The molecule has 2 aliphatic rings. The molecule has 2 saturated heterocycles. The molecular weight excluding hydrogens is 450 g/mol. The van der Waals surface area contributed by atoms with E-state index < -0.39 is 15.9 Å². The standard InChI is InChI=1S/C23H26ClN3O4S/c24-20-8-6-19(7-9-20)22(28)26-10-12-27(13-11-26)23(29)21(18-4-2-1-3-5-18)25-14-16-32(30,31)17-15-25/h1-9,21H,10-17H2. The number of piperazine rings is 1. The van der Waals surface area contributed by atoms with Crippen LogP contribution in [0.25, 0.3) is 0 Å². The van der Waals surface area contributed by atoms with E-state index in [0.717, 1.165) is 5.56 Å². The topological polar surface area (TPSA) is 78.0 Å². The lowest BCUT2D eigenvalue weighted by Crippen LogP contribution is -2.54. The third-order valence-corrected chi connectivity index (χ3v) is 7.92. The fourth-order valence-corrected chi connectivity index (χ4v) is 5.56. The van der Waals surface area contributed by atoms with E-state index in [4.69, 9.17) is 11.6 Å². The summed E-state index contributed by atoms with van der Waals surface area (Å²) in [6.07, 6.45) is 0. The molecule has 1 unspecified atom stereocenters. The molecule has 0 aromatic heterocycles. The van der Waals surface area contributed by atoms with Crippen molar-refractivity contribution in [3.8, 4) is 0 Å². The van der Waals surface area contributed by atoms with Crippen LogP contribution in [-0.2, 0) is 14.6 Å². The third-order valence-electron chi connectivity index (χ3n) is 6.06. The van der Waals surface area contributed by atoms with Crippen molar-refractivity contribution in [1.29, 1.82) is 0 Å². The number of halogens is 1. The van der Waals surface area contributed by atoms with Gasteiger partial charge in [0.1, 0.15) is 6.04 Å². The molecule has 2 fully saturated rings. The van der Waals surface area contributed by atoms with E-state index in [1.165, 1.54) is 0 Å². The summed E-state index contributed by atoms with van der Waals surface area (Å²) >= 11 is 5.91. The second kappa shape index (κ2) is 9.60. The summed E-state index contributed by atoms with van der Waals surface area (Å²) < 4.78 is 23.8. The number of hydrogen-bond acceptors (Lipinski definition) is 5. The number of rotatable bonds is 4. The maximum atomic E-state index is 13.6. The quantitative estimate of drug-likeness (QED) is 0.676. The first-order chi connectivity index (χ1) is 15.3. The first kappa shape index (κ1) is 22.8. The minimum absolute atomic E-state index is 0.0471. The Kier molecular flexibility index (Phi) is 6.83. The number of amides is 2. The van der Waals surface area contributed by atoms with Gasteiger partial charge in [0.2, 0.25) is 5.91 Å². The van der Waals surface area contributed by atoms with Crippen LogP contribution in [-0.4, -0.2) is 85.7 Å². The molecular formula is C23H26ClN3O4S. The van der Waals surface area contributed by atoms with Gasteiger partial charge >= 0.3 is 0 Å². The predicted octanol–water partition coefficient (Wildman–Crippen LogP) is 2.10. The maximum absolute atomic E-state index is 13.6. The predicted molar refractivity (Wildman–Crippen MR) is 123 cm³/mol. The average Bonchev–Trinajstić information content (AvgIpc) is 2.81. The van der Waals surface area contributed by atoms with Crippen LogP contribution in [0.2, 0.25) is 5.02 Å². The van der Waals surface area contributed by atoms with E-state index in [1.807, 2.05) is 35.2 Å². The van der Waals surface area contributed by atoms with Crippen molar-refractivity contribution in [1.82, 2.24) is 14.7 Å². The molecule has 0 saturated carbocycles. The number of carbonyl (C=O) groups excluding carboxylic acids is 2. The second-order valence-corrected chi connectivity index (χ2v) is 10.9. The molecule has 2 amide bonds. The molecule has 170 valence electrons. The molecule has 2 heterocycles. The Balaban J connectivity index is 1.45. The molecule has 0 N–H and O–H groups in total. The Morgan fingerprint density at radius 2 is 1.34 bits per heavy atom. The molecule has 0 aliphatic carbocycles. The van der Waals surface area contributed by atoms with Crippen molar-refractivity contribution in [2.45, 2.75) is 6.04 Å². The number of benzene rings is 2. The first-order valence-corrected chi connectivity index (χ1v) is 12.9. The molecule has 7 nitrogen and oxygen atoms in total. The van der Waals surface area contributed by atoms with Crippen molar-refractivity contribution in [3.63, 3.8) is 0 Å². The van der Waals surface area contributed by atoms with Gasteiger partial charge in [0, 0.05) is 49.9 Å². The monoisotopic (exact) mass is 475 g/mol. The van der Waals surface area contributed by atoms with Crippen LogP contribution >= 0.6 is 11.6 Å². The highest BCUT2D eigenvalue weighted by atomic mass is 35.5. The summed E-state index contributed by atoms with van der Waals surface area (Å²) in [7, 11) is -3.05. The van der Waals surface area contributed by atoms with Crippen molar-refractivity contribution in [2.75, 3.05) is 50.8 Å². The van der Waals surface area contributed by atoms with Crippen molar-refractivity contribution < 1.29 is 18.0 Å². The van der Waals surface area contributed by atoms with Crippen molar-refractivity contribution >= 4 is 33.3 Å². The summed E-state index contributed by atoms with van der Waals surface area (Å²) in [6.45, 7) is 2.44. The van der Waals surface area contributed by atoms with Crippen LogP contribution in [0, 0.1) is 0 Å². The zero-order chi connectivity index (χ0) is 22.7. The summed E-state index contributed by atoms with van der Waals surface area (Å²) in [5, 5.41) is 0.578. The van der Waals surface area contributed by atoms with Crippen LogP contribution in [0.4, 0.5) is 0 Å². The van der Waals surface area contributed by atoms with Gasteiger partial charge in [-0.25, -0.2) is 8.42 Å². The third kappa shape index (κ3) is 5.14. The first-order valence-electron chi connectivity index (χ1n) is 10.7. The average molecular weight is 476 g/mol. The zero-order valence-electron chi connectivity index (χ0n) is 17.7. The lowest BCUT2D eigenvalue weighted by molar-refractivity contribution is -0.138. The maximum Gasteiger partial charge on any atom is 0.253 e. The summed E-state index contributed by atoms with van der Waals surface area (Å²) in [6, 6.07) is 15.8. The van der Waals surface area contributed by atoms with E-state index in [1.54, 1.807) is 34.1 Å². The zero-order valence-corrected chi connectivity index (χ0v) is 19.3. The molecule has 2 aliphatic heterocycles. The number of nitrogens with zero attached hydrogens (tertiary/aromatic N) is 3. The second-order valence-electron chi connectivity index (χ2n) is 8.13. The minimum Gasteiger partial charge on any atom is -0.337 e. The van der Waals surface area contributed by atoms with Crippen LogP contribution in [0.15, 0.2) is 54.6 Å². The number of hydrogen-bond donors (Lipinski definition) is 0. The van der Waals surface area contributed by atoms with Crippen LogP contribution < -0.4 is 0 Å². The summed E-state index contributed by atoms with van der Waals surface area (Å²) in [5.41, 5.74) is 1.43. The Morgan fingerprint density at radius 3 is 1.94 bits per heavy atom. The van der Waals surface area contributed by atoms with Crippen molar-refractivity contribution in [2.24, 2.45) is 0 Å². The van der Waals surface area contributed by atoms with Gasteiger partial charge in [-0.3, -0.25) is 14.5 Å². The minimum atomic E-state index is -3.05. The van der Waals surface area contributed by atoms with Crippen LogP contribution in [0.3, 0.4) is 0 Å². The molecule has 0 bridgehead atoms. The van der Waals surface area contributed by atoms with E-state index in [-0.39, 0.29) is 23.3 Å². The van der Waals surface area contributed by atoms with Gasteiger partial charge in [-0.05, 0) is 29.8 Å². The van der Waals surface area contributed by atoms with Crippen LogP contribution in [0.5, 0.6) is 0 Å². The van der Waals surface area contributed by atoms with Gasteiger partial charge in [-0.2, -0.15) is 0 Å². The number of sulfone groups is 1. The normalized spacial score (nSPS) is 20.0. The van der Waals surface area contributed by atoms with E-state index in [0.29, 0.717) is 49.9 Å². The van der Waals surface area contributed by atoms with Gasteiger partial charge in [-0.1, -0.05) is 41.9 Å². The molecule has 0 spiro atoms. The number of carbonyl (C=O) groups is 2. The fraction of sp³-hybridized carbons (Fsp3) is 0.391. The Bertz CT molecular complexity index is 1050. The van der Waals surface area contributed by atoms with E-state index >= 15 is 0 Å². The molecule has 32 heavy (non-hydrogen) atoms. The van der Waals surface area contributed by atoms with Gasteiger partial charge in [0.25, 0.3) is 5.91 Å². The highest BCUT2D eigenvalue weighted by molar-refractivity contribution is 7.91. The molecule has 2 aromatic carbocycles. The van der Waals surface area contributed by atoms with Gasteiger partial charge in [0.05, 0.1) is 11.5 Å². The highest BCUT2D eigenvalue weighted by Gasteiger charge is 2.36. The molecule has 9 heteroatoms. The molecule has 0 radical (unpaired) electrons. The summed E-state index contributed by atoms with van der Waals surface area (Å²) in [5.74, 6) is 0.00340. The Hall–Kier alpha value is -2.42. The Morgan fingerprint density at radius 1 is 0.781 bits per heavy atom. The summed E-state index contributed by atoms with van der Waals surface area (Å²) in [4.78, 5) is 31.8. The molecule has 1 atom stereocenters. The highest BCUT2D eigenvalue weighted by Crippen LogP contribution is 2.26. The molecule has 4 rings (SSSR count). The van der Waals surface area contributed by atoms with E-state index in [9.17, 15) is 18.0 Å².